The molecule has 2 atom stereocenters. The van der Waals surface area contributed by atoms with Crippen LogP contribution in [0.25, 0.3) is 0 Å². The first-order valence-corrected chi connectivity index (χ1v) is 7.13. The van der Waals surface area contributed by atoms with Gasteiger partial charge in [-0.05, 0) is 43.5 Å². The molecule has 1 N–H and O–H groups in total. The minimum atomic E-state index is 0. The predicted octanol–water partition coefficient (Wildman–Crippen LogP) is 4.40. The Labute approximate surface area is 133 Å². The van der Waals surface area contributed by atoms with Gasteiger partial charge in [0, 0.05) is 12.1 Å². The highest BCUT2D eigenvalue weighted by Crippen LogP contribution is 2.15. The van der Waals surface area contributed by atoms with E-state index in [9.17, 15) is 0 Å². The van der Waals surface area contributed by atoms with Gasteiger partial charge in [-0.1, -0.05) is 42.5 Å². The number of nitrogens with one attached hydrogen (secondary N) is 1. The van der Waals surface area contributed by atoms with Crippen molar-refractivity contribution in [2.75, 3.05) is 7.11 Å². The molecule has 0 aliphatic carbocycles. The Balaban J connectivity index is 0.00000220. The number of hydrogen-bond acceptors (Lipinski definition) is 2. The van der Waals surface area contributed by atoms with Crippen LogP contribution in [0.3, 0.4) is 0 Å². The second kappa shape index (κ2) is 8.71. The molecule has 114 valence electrons. The molecule has 21 heavy (non-hydrogen) atoms. The van der Waals surface area contributed by atoms with Crippen LogP contribution in [0.5, 0.6) is 5.75 Å². The lowest BCUT2D eigenvalue weighted by Crippen LogP contribution is -2.30. The Morgan fingerprint density at radius 2 is 1.57 bits per heavy atom. The molecule has 0 radical (unpaired) electrons. The first-order valence-electron chi connectivity index (χ1n) is 7.13. The van der Waals surface area contributed by atoms with Crippen molar-refractivity contribution >= 4 is 12.4 Å². The van der Waals surface area contributed by atoms with Crippen LogP contribution >= 0.6 is 12.4 Å². The van der Waals surface area contributed by atoms with E-state index >= 15 is 0 Å². The van der Waals surface area contributed by atoms with Gasteiger partial charge in [-0.15, -0.1) is 12.4 Å². The lowest BCUT2D eigenvalue weighted by Gasteiger charge is -2.20. The molecule has 2 aromatic rings. The van der Waals surface area contributed by atoms with Gasteiger partial charge in [0.15, 0.2) is 0 Å². The number of halogens is 1. The third-order valence-electron chi connectivity index (χ3n) is 3.54. The molecule has 2 nitrogen and oxygen atoms in total. The molecule has 0 fully saturated rings. The molecule has 0 unspecified atom stereocenters. The van der Waals surface area contributed by atoms with Crippen molar-refractivity contribution in [2.45, 2.75) is 32.4 Å². The topological polar surface area (TPSA) is 21.3 Å². The molecule has 0 heterocycles. The van der Waals surface area contributed by atoms with Crippen LogP contribution in [-0.4, -0.2) is 13.2 Å². The summed E-state index contributed by atoms with van der Waals surface area (Å²) in [7, 11) is 1.70. The van der Waals surface area contributed by atoms with Crippen molar-refractivity contribution in [3.05, 3.63) is 65.7 Å². The number of methoxy groups -OCH3 is 1. The second-order valence-corrected chi connectivity index (χ2v) is 5.25. The molecule has 0 aliphatic rings. The SMILES string of the molecule is COc1ccc(C[C@H](C)N[C@H](C)c2ccccc2)cc1.Cl. The summed E-state index contributed by atoms with van der Waals surface area (Å²) >= 11 is 0. The molecule has 2 rings (SSSR count). The van der Waals surface area contributed by atoms with E-state index in [2.05, 4.69) is 61.6 Å². The summed E-state index contributed by atoms with van der Waals surface area (Å²) in [6.07, 6.45) is 1.02. The van der Waals surface area contributed by atoms with Crippen molar-refractivity contribution < 1.29 is 4.74 Å². The molecule has 0 amide bonds. The van der Waals surface area contributed by atoms with Gasteiger partial charge in [0.2, 0.25) is 0 Å². The average Bonchev–Trinajstić information content (AvgIpc) is 2.49. The summed E-state index contributed by atoms with van der Waals surface area (Å²) in [6.45, 7) is 4.43. The highest BCUT2D eigenvalue weighted by atomic mass is 35.5. The Kier molecular flexibility index (Phi) is 7.27. The minimum Gasteiger partial charge on any atom is -0.497 e. The number of rotatable bonds is 6. The Hall–Kier alpha value is -1.51. The summed E-state index contributed by atoms with van der Waals surface area (Å²) in [4.78, 5) is 0. The van der Waals surface area contributed by atoms with Gasteiger partial charge in [0.05, 0.1) is 7.11 Å². The smallest absolute Gasteiger partial charge is 0.118 e. The molecule has 3 heteroatoms. The normalized spacial score (nSPS) is 13.1. The van der Waals surface area contributed by atoms with Crippen LogP contribution in [0, 0.1) is 0 Å². The van der Waals surface area contributed by atoms with Crippen molar-refractivity contribution in [1.29, 1.82) is 0 Å². The summed E-state index contributed by atoms with van der Waals surface area (Å²) < 4.78 is 5.18. The third-order valence-corrected chi connectivity index (χ3v) is 3.54. The van der Waals surface area contributed by atoms with Gasteiger partial charge in [-0.3, -0.25) is 0 Å². The second-order valence-electron chi connectivity index (χ2n) is 5.25. The van der Waals surface area contributed by atoms with Crippen LogP contribution < -0.4 is 10.1 Å². The van der Waals surface area contributed by atoms with E-state index in [1.807, 2.05) is 12.1 Å². The maximum Gasteiger partial charge on any atom is 0.118 e. The van der Waals surface area contributed by atoms with Crippen molar-refractivity contribution in [1.82, 2.24) is 5.32 Å². The van der Waals surface area contributed by atoms with E-state index in [1.165, 1.54) is 11.1 Å². The quantitative estimate of drug-likeness (QED) is 0.854. The Bertz CT molecular complexity index is 513. The third kappa shape index (κ3) is 5.41. The fourth-order valence-electron chi connectivity index (χ4n) is 2.44. The molecule has 0 aliphatic heterocycles. The van der Waals surface area contributed by atoms with Gasteiger partial charge < -0.3 is 10.1 Å². The summed E-state index contributed by atoms with van der Waals surface area (Å²) in [6, 6.07) is 19.6. The van der Waals surface area contributed by atoms with Crippen LogP contribution in [-0.2, 0) is 6.42 Å². The zero-order valence-electron chi connectivity index (χ0n) is 12.9. The maximum absolute atomic E-state index is 5.18. The predicted molar refractivity (Wildman–Crippen MR) is 91.4 cm³/mol. The van der Waals surface area contributed by atoms with Gasteiger partial charge in [-0.25, -0.2) is 0 Å². The van der Waals surface area contributed by atoms with Crippen molar-refractivity contribution in [2.24, 2.45) is 0 Å². The molecule has 2 aromatic carbocycles. The largest absolute Gasteiger partial charge is 0.497 e. The van der Waals surface area contributed by atoms with E-state index in [0.717, 1.165) is 12.2 Å². The summed E-state index contributed by atoms with van der Waals surface area (Å²) in [5, 5.41) is 3.64. The molecule has 0 saturated carbocycles. The number of benzene rings is 2. The van der Waals surface area contributed by atoms with Crippen molar-refractivity contribution in [3.63, 3.8) is 0 Å². The molecular formula is C18H24ClNO. The molecular weight excluding hydrogens is 282 g/mol. The van der Waals surface area contributed by atoms with Gasteiger partial charge in [0.1, 0.15) is 5.75 Å². The summed E-state index contributed by atoms with van der Waals surface area (Å²) in [5.74, 6) is 0.909. The zero-order chi connectivity index (χ0) is 14.4. The zero-order valence-corrected chi connectivity index (χ0v) is 13.7. The highest BCUT2D eigenvalue weighted by molar-refractivity contribution is 5.85. The first-order chi connectivity index (χ1) is 9.69. The van der Waals surface area contributed by atoms with E-state index in [0.29, 0.717) is 12.1 Å². The lowest BCUT2D eigenvalue weighted by molar-refractivity contribution is 0.414. The minimum absolute atomic E-state index is 0. The molecule has 0 spiro atoms. The van der Waals surface area contributed by atoms with E-state index < -0.39 is 0 Å². The monoisotopic (exact) mass is 305 g/mol. The maximum atomic E-state index is 5.18. The van der Waals surface area contributed by atoms with Gasteiger partial charge >= 0.3 is 0 Å². The number of ether oxygens (including phenoxy) is 1. The Morgan fingerprint density at radius 3 is 2.14 bits per heavy atom. The van der Waals surface area contributed by atoms with Crippen LogP contribution in [0.1, 0.15) is 31.0 Å². The van der Waals surface area contributed by atoms with E-state index in [4.69, 9.17) is 4.74 Å². The Morgan fingerprint density at radius 1 is 0.952 bits per heavy atom. The number of hydrogen-bond donors (Lipinski definition) is 1. The van der Waals surface area contributed by atoms with Gasteiger partial charge in [0.25, 0.3) is 0 Å². The fraction of sp³-hybridized carbons (Fsp3) is 0.333. The molecule has 0 aromatic heterocycles. The standard InChI is InChI=1S/C18H23NO.ClH/c1-14(13-16-9-11-18(20-3)12-10-16)19-15(2)17-7-5-4-6-8-17;/h4-12,14-15,19H,13H2,1-3H3;1H/t14-,15+;/m0./s1. The molecule has 0 saturated heterocycles. The van der Waals surface area contributed by atoms with Gasteiger partial charge in [-0.2, -0.15) is 0 Å². The molecule has 0 bridgehead atoms. The average molecular weight is 306 g/mol. The fourth-order valence-corrected chi connectivity index (χ4v) is 2.44. The van der Waals surface area contributed by atoms with Crippen LogP contribution in [0.2, 0.25) is 0 Å². The van der Waals surface area contributed by atoms with Crippen molar-refractivity contribution in [3.8, 4) is 5.75 Å². The van der Waals surface area contributed by atoms with Crippen LogP contribution in [0.4, 0.5) is 0 Å². The lowest BCUT2D eigenvalue weighted by atomic mass is 10.0. The highest BCUT2D eigenvalue weighted by Gasteiger charge is 2.09. The summed E-state index contributed by atoms with van der Waals surface area (Å²) in [5.41, 5.74) is 2.65. The van der Waals surface area contributed by atoms with E-state index in [1.54, 1.807) is 7.11 Å². The van der Waals surface area contributed by atoms with E-state index in [-0.39, 0.29) is 12.4 Å². The van der Waals surface area contributed by atoms with Crippen LogP contribution in [0.15, 0.2) is 54.6 Å². The first kappa shape index (κ1) is 17.5.